The number of nitrogens with one attached hydrogen (secondary N) is 1. The van der Waals surface area contributed by atoms with Gasteiger partial charge < -0.3 is 19.7 Å². The molecule has 0 aliphatic heterocycles. The molecular weight excluding hydrogens is 381 g/mol. The quantitative estimate of drug-likeness (QED) is 0.567. The van der Waals surface area contributed by atoms with Gasteiger partial charge >= 0.3 is 0 Å². The molecule has 1 heterocycles. The van der Waals surface area contributed by atoms with Gasteiger partial charge in [0.25, 0.3) is 0 Å². The first-order chi connectivity index (χ1) is 13.6. The fourth-order valence-corrected chi connectivity index (χ4v) is 3.40. The van der Waals surface area contributed by atoms with Gasteiger partial charge in [0.1, 0.15) is 11.6 Å². The molecule has 3 rings (SSSR count). The lowest BCUT2D eigenvalue weighted by Gasteiger charge is -2.10. The first-order valence-electron chi connectivity index (χ1n) is 8.56. The van der Waals surface area contributed by atoms with E-state index in [1.165, 1.54) is 23.9 Å². The third-order valence-electron chi connectivity index (χ3n) is 3.93. The maximum Gasteiger partial charge on any atom is 0.234 e. The summed E-state index contributed by atoms with van der Waals surface area (Å²) in [4.78, 5) is 16.7. The van der Waals surface area contributed by atoms with Crippen LogP contribution in [0.5, 0.6) is 5.75 Å². The van der Waals surface area contributed by atoms with E-state index in [0.29, 0.717) is 28.8 Å². The van der Waals surface area contributed by atoms with Crippen molar-refractivity contribution in [1.29, 1.82) is 0 Å². The van der Waals surface area contributed by atoms with Crippen molar-refractivity contribution < 1.29 is 19.0 Å². The van der Waals surface area contributed by atoms with Crippen LogP contribution in [-0.2, 0) is 17.9 Å². The molecule has 0 atom stereocenters. The zero-order valence-corrected chi connectivity index (χ0v) is 16.1. The van der Waals surface area contributed by atoms with E-state index in [2.05, 4.69) is 10.3 Å². The maximum absolute atomic E-state index is 13.1. The second-order valence-electron chi connectivity index (χ2n) is 5.96. The number of hydrogen-bond acceptors (Lipinski definition) is 5. The van der Waals surface area contributed by atoms with Crippen LogP contribution in [0.4, 0.5) is 10.1 Å². The second kappa shape index (κ2) is 9.38. The Morgan fingerprint density at radius 1 is 1.25 bits per heavy atom. The largest absolute Gasteiger partial charge is 0.495 e. The molecule has 0 aliphatic carbocycles. The highest BCUT2D eigenvalue weighted by molar-refractivity contribution is 7.99. The molecule has 6 nitrogen and oxygen atoms in total. The number of imidazole rings is 1. The predicted octanol–water partition coefficient (Wildman–Crippen LogP) is 3.30. The summed E-state index contributed by atoms with van der Waals surface area (Å²) in [6, 6.07) is 13.3. The molecule has 28 heavy (non-hydrogen) atoms. The fraction of sp³-hybridized carbons (Fsp3) is 0.200. The number of aliphatic hydroxyl groups is 1. The number of nitrogens with zero attached hydrogens (tertiary/aromatic N) is 2. The number of hydrogen-bond donors (Lipinski definition) is 2. The molecule has 0 saturated heterocycles. The monoisotopic (exact) mass is 401 g/mol. The van der Waals surface area contributed by atoms with E-state index < -0.39 is 0 Å². The van der Waals surface area contributed by atoms with E-state index in [4.69, 9.17) is 4.74 Å². The Labute approximate surface area is 166 Å². The number of aromatic nitrogens is 2. The number of benzene rings is 2. The molecule has 8 heteroatoms. The minimum absolute atomic E-state index is 0.142. The van der Waals surface area contributed by atoms with Crippen molar-refractivity contribution in [1.82, 2.24) is 9.55 Å². The molecule has 0 bridgehead atoms. The van der Waals surface area contributed by atoms with Crippen LogP contribution in [-0.4, -0.2) is 33.4 Å². The fourth-order valence-electron chi connectivity index (χ4n) is 2.61. The first kappa shape index (κ1) is 19.9. The number of para-hydroxylation sites is 2. The molecule has 2 aromatic carbocycles. The highest BCUT2D eigenvalue weighted by Gasteiger charge is 2.13. The Hall–Kier alpha value is -2.84. The average Bonchev–Trinajstić information content (AvgIpc) is 3.10. The van der Waals surface area contributed by atoms with Crippen LogP contribution in [0.25, 0.3) is 0 Å². The van der Waals surface area contributed by atoms with Crippen molar-refractivity contribution in [3.63, 3.8) is 0 Å². The molecule has 1 aromatic heterocycles. The third-order valence-corrected chi connectivity index (χ3v) is 4.92. The lowest BCUT2D eigenvalue weighted by molar-refractivity contribution is -0.113. The number of anilines is 1. The average molecular weight is 401 g/mol. The highest BCUT2D eigenvalue weighted by Crippen LogP contribution is 2.24. The van der Waals surface area contributed by atoms with Gasteiger partial charge in [0.05, 0.1) is 30.9 Å². The smallest absolute Gasteiger partial charge is 0.234 e. The molecule has 0 unspecified atom stereocenters. The van der Waals surface area contributed by atoms with Crippen molar-refractivity contribution in [2.24, 2.45) is 0 Å². The van der Waals surface area contributed by atoms with Gasteiger partial charge in [0, 0.05) is 12.7 Å². The molecule has 0 radical (unpaired) electrons. The summed E-state index contributed by atoms with van der Waals surface area (Å²) in [6.45, 7) is 0.265. The van der Waals surface area contributed by atoms with Crippen molar-refractivity contribution in [2.45, 2.75) is 18.3 Å². The second-order valence-corrected chi connectivity index (χ2v) is 6.91. The number of carbonyl (C=O) groups is 1. The highest BCUT2D eigenvalue weighted by atomic mass is 32.2. The standard InChI is InChI=1S/C20H20FN3O3S/c1-27-18-5-3-2-4-17(18)23-19(26)13-28-20-22-16(12-25)11-24(20)10-14-6-8-15(21)9-7-14/h2-9,11,25H,10,12-13H2,1H3,(H,23,26). The number of rotatable bonds is 8. The summed E-state index contributed by atoms with van der Waals surface area (Å²) in [7, 11) is 1.54. The number of halogens is 1. The van der Waals surface area contributed by atoms with Gasteiger partial charge in [0.15, 0.2) is 5.16 Å². The van der Waals surface area contributed by atoms with Gasteiger partial charge in [-0.1, -0.05) is 36.0 Å². The van der Waals surface area contributed by atoms with Crippen molar-refractivity contribution in [2.75, 3.05) is 18.2 Å². The lowest BCUT2D eigenvalue weighted by atomic mass is 10.2. The molecular formula is C20H20FN3O3S. The van der Waals surface area contributed by atoms with Crippen LogP contribution < -0.4 is 10.1 Å². The Morgan fingerprint density at radius 2 is 2.00 bits per heavy atom. The molecule has 0 aliphatic rings. The number of thioether (sulfide) groups is 1. The molecule has 0 saturated carbocycles. The Balaban J connectivity index is 1.67. The van der Waals surface area contributed by atoms with Gasteiger partial charge in [0.2, 0.25) is 5.91 Å². The zero-order chi connectivity index (χ0) is 19.9. The van der Waals surface area contributed by atoms with E-state index in [-0.39, 0.29) is 24.1 Å². The molecule has 0 spiro atoms. The van der Waals surface area contributed by atoms with E-state index in [9.17, 15) is 14.3 Å². The van der Waals surface area contributed by atoms with Crippen molar-refractivity contribution in [3.8, 4) is 5.75 Å². The Bertz CT molecular complexity index is 944. The number of ether oxygens (including phenoxy) is 1. The predicted molar refractivity (Wildman–Crippen MR) is 106 cm³/mol. The number of methoxy groups -OCH3 is 1. The summed E-state index contributed by atoms with van der Waals surface area (Å²) in [5.74, 6) is 0.231. The van der Waals surface area contributed by atoms with E-state index in [1.54, 1.807) is 37.6 Å². The number of aliphatic hydroxyl groups excluding tert-OH is 1. The van der Waals surface area contributed by atoms with Crippen LogP contribution in [0, 0.1) is 5.82 Å². The van der Waals surface area contributed by atoms with Crippen LogP contribution in [0.2, 0.25) is 0 Å². The molecule has 3 aromatic rings. The van der Waals surface area contributed by atoms with Gasteiger partial charge in [-0.15, -0.1) is 0 Å². The van der Waals surface area contributed by atoms with Crippen LogP contribution in [0.3, 0.4) is 0 Å². The van der Waals surface area contributed by atoms with Gasteiger partial charge in [-0.25, -0.2) is 9.37 Å². The topological polar surface area (TPSA) is 76.4 Å². The molecule has 146 valence electrons. The number of carbonyl (C=O) groups excluding carboxylic acids is 1. The van der Waals surface area contributed by atoms with Crippen LogP contribution >= 0.6 is 11.8 Å². The molecule has 0 fully saturated rings. The van der Waals surface area contributed by atoms with Gasteiger partial charge in [-0.2, -0.15) is 0 Å². The minimum Gasteiger partial charge on any atom is -0.495 e. The van der Waals surface area contributed by atoms with Crippen molar-refractivity contribution >= 4 is 23.4 Å². The Morgan fingerprint density at radius 3 is 2.71 bits per heavy atom. The number of amides is 1. The summed E-state index contributed by atoms with van der Waals surface area (Å²) in [5, 5.41) is 12.8. The molecule has 1 amide bonds. The van der Waals surface area contributed by atoms with E-state index >= 15 is 0 Å². The molecule has 2 N–H and O–H groups in total. The Kier molecular flexibility index (Phi) is 6.67. The maximum atomic E-state index is 13.1. The van der Waals surface area contributed by atoms with Gasteiger partial charge in [-0.05, 0) is 29.8 Å². The summed E-state index contributed by atoms with van der Waals surface area (Å²) in [5.41, 5.74) is 2.00. The summed E-state index contributed by atoms with van der Waals surface area (Å²) >= 11 is 1.26. The van der Waals surface area contributed by atoms with Gasteiger partial charge in [-0.3, -0.25) is 4.79 Å². The van der Waals surface area contributed by atoms with Crippen molar-refractivity contribution in [3.05, 3.63) is 71.8 Å². The summed E-state index contributed by atoms with van der Waals surface area (Å²) < 4.78 is 20.2. The third kappa shape index (κ3) is 5.11. The minimum atomic E-state index is -0.298. The van der Waals surface area contributed by atoms with Crippen LogP contribution in [0.1, 0.15) is 11.3 Å². The summed E-state index contributed by atoms with van der Waals surface area (Å²) in [6.07, 6.45) is 1.73. The van der Waals surface area contributed by atoms with E-state index in [1.807, 2.05) is 16.7 Å². The lowest BCUT2D eigenvalue weighted by Crippen LogP contribution is -2.15. The van der Waals surface area contributed by atoms with Crippen LogP contribution in [0.15, 0.2) is 59.9 Å². The normalized spacial score (nSPS) is 10.7. The van der Waals surface area contributed by atoms with E-state index in [0.717, 1.165) is 5.56 Å². The first-order valence-corrected chi connectivity index (χ1v) is 9.54. The zero-order valence-electron chi connectivity index (χ0n) is 15.3. The SMILES string of the molecule is COc1ccccc1NC(=O)CSc1nc(CO)cn1Cc1ccc(F)cc1.